The molecule has 0 spiro atoms. The normalized spacial score (nSPS) is 11.8. The molecule has 4 nitrogen and oxygen atoms in total. The maximum atomic E-state index is 13.1. The molecule has 1 heterocycles. The SMILES string of the molecule is Cc1cccc2c(C(=O)OC(C)C(=O)c3ccccc3)cc(-c3ccccc3)nc12. The van der Waals surface area contributed by atoms with Crippen molar-refractivity contribution in [2.75, 3.05) is 0 Å². The van der Waals surface area contributed by atoms with E-state index in [1.54, 1.807) is 37.3 Å². The van der Waals surface area contributed by atoms with Crippen LogP contribution < -0.4 is 0 Å². The molecule has 3 aromatic carbocycles. The van der Waals surface area contributed by atoms with Crippen LogP contribution in [0.25, 0.3) is 22.2 Å². The number of rotatable bonds is 5. The maximum absolute atomic E-state index is 13.1. The van der Waals surface area contributed by atoms with Gasteiger partial charge in [0.1, 0.15) is 0 Å². The molecule has 0 saturated heterocycles. The lowest BCUT2D eigenvalue weighted by atomic mass is 10.0. The Labute approximate surface area is 175 Å². The second-order valence-corrected chi connectivity index (χ2v) is 7.17. The van der Waals surface area contributed by atoms with Crippen molar-refractivity contribution in [2.24, 2.45) is 0 Å². The van der Waals surface area contributed by atoms with Crippen LogP contribution in [0, 0.1) is 6.92 Å². The molecule has 4 rings (SSSR count). The van der Waals surface area contributed by atoms with Crippen molar-refractivity contribution in [1.29, 1.82) is 0 Å². The number of Topliss-reactive ketones (excluding diaryl/α,β-unsaturated/α-hetero) is 1. The van der Waals surface area contributed by atoms with Crippen LogP contribution in [-0.2, 0) is 4.74 Å². The molecular formula is C26H21NO3. The first kappa shape index (κ1) is 19.5. The Bertz CT molecular complexity index is 1220. The summed E-state index contributed by atoms with van der Waals surface area (Å²) in [6, 6.07) is 25.9. The second-order valence-electron chi connectivity index (χ2n) is 7.17. The number of carbonyl (C=O) groups excluding carboxylic acids is 2. The summed E-state index contributed by atoms with van der Waals surface area (Å²) in [5.41, 5.74) is 4.21. The number of aromatic nitrogens is 1. The van der Waals surface area contributed by atoms with Crippen molar-refractivity contribution >= 4 is 22.7 Å². The first-order valence-corrected chi connectivity index (χ1v) is 9.80. The Hall–Kier alpha value is -3.79. The van der Waals surface area contributed by atoms with Gasteiger partial charge in [0.15, 0.2) is 6.10 Å². The summed E-state index contributed by atoms with van der Waals surface area (Å²) < 4.78 is 5.58. The van der Waals surface area contributed by atoms with Crippen molar-refractivity contribution in [3.05, 3.63) is 102 Å². The molecule has 0 N–H and O–H groups in total. The molecule has 0 bridgehead atoms. The van der Waals surface area contributed by atoms with Crippen LogP contribution in [0.4, 0.5) is 0 Å². The van der Waals surface area contributed by atoms with Crippen LogP contribution in [0.3, 0.4) is 0 Å². The summed E-state index contributed by atoms with van der Waals surface area (Å²) in [4.78, 5) is 30.5. The fourth-order valence-electron chi connectivity index (χ4n) is 3.43. The molecular weight excluding hydrogens is 374 g/mol. The largest absolute Gasteiger partial charge is 0.451 e. The lowest BCUT2D eigenvalue weighted by molar-refractivity contribution is 0.0320. The Balaban J connectivity index is 1.73. The molecule has 1 aromatic heterocycles. The maximum Gasteiger partial charge on any atom is 0.339 e. The highest BCUT2D eigenvalue weighted by Crippen LogP contribution is 2.27. The molecule has 0 aliphatic heterocycles. The van der Waals surface area contributed by atoms with Crippen LogP contribution >= 0.6 is 0 Å². The molecule has 30 heavy (non-hydrogen) atoms. The number of hydrogen-bond donors (Lipinski definition) is 0. The minimum absolute atomic E-state index is 0.234. The van der Waals surface area contributed by atoms with E-state index in [0.29, 0.717) is 22.2 Å². The smallest absolute Gasteiger partial charge is 0.339 e. The highest BCUT2D eigenvalue weighted by Gasteiger charge is 2.22. The van der Waals surface area contributed by atoms with E-state index in [2.05, 4.69) is 0 Å². The fourth-order valence-corrected chi connectivity index (χ4v) is 3.43. The molecule has 4 heteroatoms. The second kappa shape index (κ2) is 8.29. The number of hydrogen-bond acceptors (Lipinski definition) is 4. The van der Waals surface area contributed by atoms with Crippen LogP contribution in [0.15, 0.2) is 84.9 Å². The number of nitrogens with zero attached hydrogens (tertiary/aromatic N) is 1. The molecule has 0 radical (unpaired) electrons. The van der Waals surface area contributed by atoms with Crippen LogP contribution in [0.1, 0.15) is 33.2 Å². The zero-order valence-corrected chi connectivity index (χ0v) is 16.8. The molecule has 0 aliphatic carbocycles. The highest BCUT2D eigenvalue weighted by molar-refractivity contribution is 6.07. The Morgan fingerprint density at radius 1 is 0.867 bits per heavy atom. The zero-order valence-electron chi connectivity index (χ0n) is 16.8. The molecule has 0 fully saturated rings. The van der Waals surface area contributed by atoms with E-state index in [9.17, 15) is 9.59 Å². The lowest BCUT2D eigenvalue weighted by Crippen LogP contribution is -2.24. The summed E-state index contributed by atoms with van der Waals surface area (Å²) >= 11 is 0. The molecule has 1 unspecified atom stereocenters. The minimum atomic E-state index is -0.895. The molecule has 0 amide bonds. The summed E-state index contributed by atoms with van der Waals surface area (Å²) in [6.07, 6.45) is -0.895. The van der Waals surface area contributed by atoms with Gasteiger partial charge < -0.3 is 4.74 Å². The Kier molecular flexibility index (Phi) is 5.40. The van der Waals surface area contributed by atoms with Gasteiger partial charge in [0.05, 0.1) is 16.8 Å². The third kappa shape index (κ3) is 3.85. The highest BCUT2D eigenvalue weighted by atomic mass is 16.5. The number of ketones is 1. The van der Waals surface area contributed by atoms with Gasteiger partial charge >= 0.3 is 5.97 Å². The van der Waals surface area contributed by atoms with Gasteiger partial charge in [-0.15, -0.1) is 0 Å². The third-order valence-electron chi connectivity index (χ3n) is 5.04. The Morgan fingerprint density at radius 2 is 1.53 bits per heavy atom. The van der Waals surface area contributed by atoms with Gasteiger partial charge in [0.2, 0.25) is 5.78 Å². The van der Waals surface area contributed by atoms with Crippen molar-refractivity contribution in [3.8, 4) is 11.3 Å². The van der Waals surface area contributed by atoms with Gasteiger partial charge in [-0.3, -0.25) is 4.79 Å². The number of carbonyl (C=O) groups is 2. The van der Waals surface area contributed by atoms with Gasteiger partial charge in [0, 0.05) is 16.5 Å². The number of fused-ring (bicyclic) bond motifs is 1. The number of ether oxygens (including phenoxy) is 1. The number of aryl methyl sites for hydroxylation is 1. The van der Waals surface area contributed by atoms with Gasteiger partial charge in [-0.25, -0.2) is 9.78 Å². The average Bonchev–Trinajstić information content (AvgIpc) is 2.79. The van der Waals surface area contributed by atoms with E-state index in [1.165, 1.54) is 0 Å². The van der Waals surface area contributed by atoms with Gasteiger partial charge in [-0.2, -0.15) is 0 Å². The van der Waals surface area contributed by atoms with E-state index in [-0.39, 0.29) is 5.78 Å². The number of pyridine rings is 1. The average molecular weight is 395 g/mol. The monoisotopic (exact) mass is 395 g/mol. The summed E-state index contributed by atoms with van der Waals surface area (Å²) in [5, 5.41) is 0.707. The lowest BCUT2D eigenvalue weighted by Gasteiger charge is -2.15. The van der Waals surface area contributed by atoms with E-state index in [1.807, 2.05) is 61.5 Å². The summed E-state index contributed by atoms with van der Waals surface area (Å²) in [6.45, 7) is 3.56. The van der Waals surface area contributed by atoms with E-state index in [4.69, 9.17) is 9.72 Å². The number of benzene rings is 3. The predicted octanol–water partition coefficient (Wildman–Crippen LogP) is 5.64. The number of para-hydroxylation sites is 1. The van der Waals surface area contributed by atoms with E-state index >= 15 is 0 Å². The van der Waals surface area contributed by atoms with Crippen LogP contribution in [-0.4, -0.2) is 22.8 Å². The van der Waals surface area contributed by atoms with E-state index in [0.717, 1.165) is 16.6 Å². The molecule has 0 aliphatic rings. The van der Waals surface area contributed by atoms with Crippen molar-refractivity contribution in [3.63, 3.8) is 0 Å². The third-order valence-corrected chi connectivity index (χ3v) is 5.04. The van der Waals surface area contributed by atoms with Gasteiger partial charge in [-0.05, 0) is 25.5 Å². The van der Waals surface area contributed by atoms with Crippen molar-refractivity contribution < 1.29 is 14.3 Å². The van der Waals surface area contributed by atoms with Crippen molar-refractivity contribution in [1.82, 2.24) is 4.98 Å². The predicted molar refractivity (Wildman–Crippen MR) is 118 cm³/mol. The van der Waals surface area contributed by atoms with Crippen LogP contribution in [0.2, 0.25) is 0 Å². The quantitative estimate of drug-likeness (QED) is 0.324. The first-order valence-electron chi connectivity index (χ1n) is 9.80. The van der Waals surface area contributed by atoms with Gasteiger partial charge in [-0.1, -0.05) is 78.9 Å². The topological polar surface area (TPSA) is 56.3 Å². The van der Waals surface area contributed by atoms with Crippen LogP contribution in [0.5, 0.6) is 0 Å². The molecule has 148 valence electrons. The number of esters is 1. The Morgan fingerprint density at radius 3 is 2.23 bits per heavy atom. The molecule has 0 saturated carbocycles. The minimum Gasteiger partial charge on any atom is -0.451 e. The molecule has 4 aromatic rings. The fraction of sp³-hybridized carbons (Fsp3) is 0.115. The van der Waals surface area contributed by atoms with Crippen molar-refractivity contribution in [2.45, 2.75) is 20.0 Å². The zero-order chi connectivity index (χ0) is 21.1. The summed E-state index contributed by atoms with van der Waals surface area (Å²) in [7, 11) is 0. The van der Waals surface area contributed by atoms with E-state index < -0.39 is 12.1 Å². The first-order chi connectivity index (χ1) is 14.5. The summed E-state index contributed by atoms with van der Waals surface area (Å²) in [5.74, 6) is -0.774. The van der Waals surface area contributed by atoms with Gasteiger partial charge in [0.25, 0.3) is 0 Å². The standard InChI is InChI=1S/C26H21NO3/c1-17-10-9-15-21-22(16-23(27-24(17)21)19-11-5-3-6-12-19)26(29)30-18(2)25(28)20-13-7-4-8-14-20/h3-16,18H,1-2H3. The molecule has 1 atom stereocenters.